The van der Waals surface area contributed by atoms with Crippen LogP contribution in [-0.2, 0) is 16.0 Å². The smallest absolute Gasteiger partial charge is 0.336 e. The van der Waals surface area contributed by atoms with Gasteiger partial charge in [0.25, 0.3) is 0 Å². The van der Waals surface area contributed by atoms with E-state index in [0.29, 0.717) is 16.3 Å². The minimum absolute atomic E-state index is 0.0497. The van der Waals surface area contributed by atoms with E-state index in [0.717, 1.165) is 10.8 Å². The highest BCUT2D eigenvalue weighted by atomic mass is 16.5. The summed E-state index contributed by atoms with van der Waals surface area (Å²) in [5.41, 5.74) is 0.900. The maximum atomic E-state index is 12.0. The average Bonchev–Trinajstić information content (AvgIpc) is 2.51. The molecule has 1 N–H and O–H groups in total. The molecule has 0 unspecified atom stereocenters. The van der Waals surface area contributed by atoms with E-state index in [1.165, 1.54) is 0 Å². The summed E-state index contributed by atoms with van der Waals surface area (Å²) in [5, 5.41) is 12.7. The fraction of sp³-hybridized carbons (Fsp3) is 0.200. The van der Waals surface area contributed by atoms with Gasteiger partial charge in [-0.05, 0) is 41.6 Å². The molecular formula is C20H18O4. The number of aromatic carboxylic acids is 1. The molecule has 0 aliphatic heterocycles. The summed E-state index contributed by atoms with van der Waals surface area (Å²) in [7, 11) is 0. The molecule has 0 aromatic heterocycles. The van der Waals surface area contributed by atoms with E-state index >= 15 is 0 Å². The second kappa shape index (κ2) is 6.32. The topological polar surface area (TPSA) is 63.6 Å². The number of hydrogen-bond donors (Lipinski definition) is 1. The molecule has 0 heterocycles. The minimum Gasteiger partial charge on any atom is -0.478 e. The Morgan fingerprint density at radius 1 is 1.04 bits per heavy atom. The van der Waals surface area contributed by atoms with Gasteiger partial charge in [0.2, 0.25) is 0 Å². The van der Waals surface area contributed by atoms with Crippen molar-refractivity contribution in [2.75, 3.05) is 0 Å². The lowest BCUT2D eigenvalue weighted by atomic mass is 9.92. The number of carboxylic acid groups (broad SMARTS) is 1. The Hall–Kier alpha value is -2.88. The van der Waals surface area contributed by atoms with Crippen molar-refractivity contribution in [3.05, 3.63) is 59.7 Å². The molecule has 0 aliphatic carbocycles. The zero-order valence-electron chi connectivity index (χ0n) is 13.6. The summed E-state index contributed by atoms with van der Waals surface area (Å²) >= 11 is 0. The molecule has 0 aliphatic rings. The van der Waals surface area contributed by atoms with Crippen LogP contribution >= 0.6 is 0 Å². The van der Waals surface area contributed by atoms with Crippen molar-refractivity contribution in [2.24, 2.45) is 0 Å². The maximum absolute atomic E-state index is 12.0. The molecular weight excluding hydrogens is 304 g/mol. The van der Waals surface area contributed by atoms with Crippen LogP contribution in [0.5, 0.6) is 0 Å². The fourth-order valence-corrected chi connectivity index (χ4v) is 3.03. The Morgan fingerprint density at radius 3 is 2.46 bits per heavy atom. The highest BCUT2D eigenvalue weighted by molar-refractivity contribution is 6.17. The van der Waals surface area contributed by atoms with Gasteiger partial charge in [-0.15, -0.1) is 0 Å². The third kappa shape index (κ3) is 2.95. The lowest BCUT2D eigenvalue weighted by Crippen LogP contribution is -2.14. The fourth-order valence-electron chi connectivity index (χ4n) is 3.03. The van der Waals surface area contributed by atoms with Gasteiger partial charge in [-0.25, -0.2) is 4.79 Å². The van der Waals surface area contributed by atoms with Gasteiger partial charge in [0.05, 0.1) is 18.1 Å². The summed E-state index contributed by atoms with van der Waals surface area (Å²) in [4.78, 5) is 24.0. The summed E-state index contributed by atoms with van der Waals surface area (Å²) in [6.45, 7) is 3.58. The van der Waals surface area contributed by atoms with E-state index in [9.17, 15) is 14.7 Å². The molecule has 0 bridgehead atoms. The van der Waals surface area contributed by atoms with Crippen LogP contribution < -0.4 is 0 Å². The van der Waals surface area contributed by atoms with Crippen LogP contribution in [-0.4, -0.2) is 23.1 Å². The Bertz CT molecular complexity index is 941. The summed E-state index contributed by atoms with van der Waals surface area (Å²) in [6.07, 6.45) is -0.152. The second-order valence-electron chi connectivity index (χ2n) is 6.01. The normalized spacial score (nSPS) is 11.1. The number of carboxylic acids is 1. The molecule has 0 saturated carbocycles. The quantitative estimate of drug-likeness (QED) is 0.578. The number of ether oxygens (including phenoxy) is 1. The number of fused-ring (bicyclic) bond motifs is 2. The predicted molar refractivity (Wildman–Crippen MR) is 93.3 cm³/mol. The van der Waals surface area contributed by atoms with Crippen molar-refractivity contribution < 1.29 is 19.4 Å². The monoisotopic (exact) mass is 322 g/mol. The largest absolute Gasteiger partial charge is 0.478 e. The van der Waals surface area contributed by atoms with E-state index in [1.807, 2.05) is 36.4 Å². The standard InChI is InChI=1S/C20H18O4/c1-12(2)24-17(21)11-15-8-5-7-14-10-13-6-3-4-9-16(13)19(18(14)15)20(22)23/h3-10,12H,11H2,1-2H3,(H,22,23). The van der Waals surface area contributed by atoms with Gasteiger partial charge in [0.1, 0.15) is 0 Å². The number of benzene rings is 3. The van der Waals surface area contributed by atoms with Crippen LogP contribution in [0, 0.1) is 0 Å². The lowest BCUT2D eigenvalue weighted by molar-refractivity contribution is -0.146. The first kappa shape index (κ1) is 16.0. The van der Waals surface area contributed by atoms with Gasteiger partial charge in [-0.2, -0.15) is 0 Å². The molecule has 0 radical (unpaired) electrons. The van der Waals surface area contributed by atoms with E-state index in [4.69, 9.17) is 4.74 Å². The van der Waals surface area contributed by atoms with Gasteiger partial charge in [0, 0.05) is 5.39 Å². The van der Waals surface area contributed by atoms with Gasteiger partial charge < -0.3 is 9.84 Å². The summed E-state index contributed by atoms with van der Waals surface area (Å²) in [5.74, 6) is -1.36. The molecule has 0 atom stereocenters. The number of esters is 1. The van der Waals surface area contributed by atoms with Crippen molar-refractivity contribution in [1.29, 1.82) is 0 Å². The molecule has 4 nitrogen and oxygen atoms in total. The van der Waals surface area contributed by atoms with Crippen LogP contribution in [0.1, 0.15) is 29.8 Å². The van der Waals surface area contributed by atoms with E-state index < -0.39 is 5.97 Å². The Morgan fingerprint density at radius 2 is 1.75 bits per heavy atom. The van der Waals surface area contributed by atoms with Crippen molar-refractivity contribution in [1.82, 2.24) is 0 Å². The van der Waals surface area contributed by atoms with Gasteiger partial charge in [-0.3, -0.25) is 4.79 Å². The van der Waals surface area contributed by atoms with Crippen molar-refractivity contribution in [3.63, 3.8) is 0 Å². The first-order chi connectivity index (χ1) is 11.5. The number of rotatable bonds is 4. The first-order valence-electron chi connectivity index (χ1n) is 7.83. The van der Waals surface area contributed by atoms with Crippen LogP contribution in [0.15, 0.2) is 48.5 Å². The molecule has 122 valence electrons. The zero-order chi connectivity index (χ0) is 17.3. The Kier molecular flexibility index (Phi) is 4.21. The highest BCUT2D eigenvalue weighted by Gasteiger charge is 2.18. The van der Waals surface area contributed by atoms with E-state index in [-0.39, 0.29) is 24.1 Å². The molecule has 0 spiro atoms. The van der Waals surface area contributed by atoms with Crippen LogP contribution in [0.25, 0.3) is 21.5 Å². The number of carbonyl (C=O) groups is 2. The average molecular weight is 322 g/mol. The molecule has 0 fully saturated rings. The van der Waals surface area contributed by atoms with Crippen LogP contribution in [0.4, 0.5) is 0 Å². The van der Waals surface area contributed by atoms with Gasteiger partial charge >= 0.3 is 11.9 Å². The molecule has 3 rings (SSSR count). The molecule has 0 amide bonds. The maximum Gasteiger partial charge on any atom is 0.336 e. The molecule has 3 aromatic carbocycles. The number of hydrogen-bond acceptors (Lipinski definition) is 3. The minimum atomic E-state index is -0.999. The van der Waals surface area contributed by atoms with Crippen LogP contribution in [0.2, 0.25) is 0 Å². The third-order valence-corrected chi connectivity index (χ3v) is 3.89. The van der Waals surface area contributed by atoms with E-state index in [2.05, 4.69) is 0 Å². The molecule has 0 saturated heterocycles. The van der Waals surface area contributed by atoms with E-state index in [1.54, 1.807) is 26.0 Å². The number of carbonyl (C=O) groups excluding carboxylic acids is 1. The Balaban J connectivity index is 2.26. The molecule has 24 heavy (non-hydrogen) atoms. The lowest BCUT2D eigenvalue weighted by Gasteiger charge is -2.13. The van der Waals surface area contributed by atoms with Gasteiger partial charge in [0.15, 0.2) is 0 Å². The van der Waals surface area contributed by atoms with Crippen molar-refractivity contribution in [3.8, 4) is 0 Å². The molecule has 4 heteroatoms. The van der Waals surface area contributed by atoms with Crippen molar-refractivity contribution in [2.45, 2.75) is 26.4 Å². The van der Waals surface area contributed by atoms with Gasteiger partial charge in [-0.1, -0.05) is 42.5 Å². The van der Waals surface area contributed by atoms with Crippen LogP contribution in [0.3, 0.4) is 0 Å². The SMILES string of the molecule is CC(C)OC(=O)Cc1cccc2cc3ccccc3c(C(=O)O)c12. The highest BCUT2D eigenvalue weighted by Crippen LogP contribution is 2.31. The summed E-state index contributed by atoms with van der Waals surface area (Å²) < 4.78 is 5.20. The third-order valence-electron chi connectivity index (χ3n) is 3.89. The second-order valence-corrected chi connectivity index (χ2v) is 6.01. The van der Waals surface area contributed by atoms with Crippen molar-refractivity contribution >= 4 is 33.5 Å². The molecule has 3 aromatic rings. The summed E-state index contributed by atoms with van der Waals surface area (Å²) in [6, 6.07) is 14.8. The zero-order valence-corrected chi connectivity index (χ0v) is 13.6. The predicted octanol–water partition coefficient (Wildman–Crippen LogP) is 4.19. The Labute approximate surface area is 139 Å². The first-order valence-corrected chi connectivity index (χ1v) is 7.83.